The van der Waals surface area contributed by atoms with Crippen LogP contribution in [0.25, 0.3) is 0 Å². The highest BCUT2D eigenvalue weighted by Gasteiger charge is 2.15. The first-order valence-corrected chi connectivity index (χ1v) is 8.02. The molecule has 0 atom stereocenters. The summed E-state index contributed by atoms with van der Waals surface area (Å²) < 4.78 is 10.9. The highest BCUT2D eigenvalue weighted by atomic mass is 32.2. The average molecular weight is 308 g/mol. The Hall–Kier alpha value is -1.69. The Balaban J connectivity index is 2.04. The van der Waals surface area contributed by atoms with Gasteiger partial charge in [-0.1, -0.05) is 25.1 Å². The van der Waals surface area contributed by atoms with Crippen molar-refractivity contribution in [1.29, 1.82) is 0 Å². The summed E-state index contributed by atoms with van der Waals surface area (Å²) in [5.74, 6) is 1.97. The van der Waals surface area contributed by atoms with Crippen molar-refractivity contribution >= 4 is 22.8 Å². The third-order valence-electron chi connectivity index (χ3n) is 2.99. The number of ether oxygens (including phenoxy) is 2. The lowest BCUT2D eigenvalue weighted by atomic mass is 10.2. The molecule has 6 heteroatoms. The number of carbonyl (C=O) groups is 1. The maximum Gasteiger partial charge on any atom is 0.257 e. The fraction of sp³-hybridized carbons (Fsp3) is 0.467. The standard InChI is InChI=1S/C15H20N2O3S/c1-3-4-8-20-12-6-5-11(10-13(12)19-2)14(18)17-15-16-7-9-21-15/h5-6,10H,3-4,7-9H2,1-2H3,(H,16,17,18). The number of hydrogen-bond donors (Lipinski definition) is 1. The second kappa shape index (κ2) is 7.93. The lowest BCUT2D eigenvalue weighted by Gasteiger charge is -2.12. The predicted octanol–water partition coefficient (Wildman–Crippen LogP) is 2.71. The molecule has 1 aromatic carbocycles. The van der Waals surface area contributed by atoms with E-state index in [1.165, 1.54) is 0 Å². The minimum absolute atomic E-state index is 0.179. The zero-order valence-corrected chi connectivity index (χ0v) is 13.2. The quantitative estimate of drug-likeness (QED) is 0.821. The minimum atomic E-state index is -0.179. The van der Waals surface area contributed by atoms with Crippen molar-refractivity contribution in [2.45, 2.75) is 19.8 Å². The summed E-state index contributed by atoms with van der Waals surface area (Å²) in [7, 11) is 1.57. The third-order valence-corrected chi connectivity index (χ3v) is 3.88. The van der Waals surface area contributed by atoms with Gasteiger partial charge in [0.15, 0.2) is 16.7 Å². The van der Waals surface area contributed by atoms with E-state index in [-0.39, 0.29) is 5.91 Å². The van der Waals surface area contributed by atoms with Crippen molar-refractivity contribution in [3.8, 4) is 11.5 Å². The Bertz CT molecular complexity index is 532. The fourth-order valence-electron chi connectivity index (χ4n) is 1.83. The number of unbranched alkanes of at least 4 members (excludes halogenated alkanes) is 1. The van der Waals surface area contributed by atoms with Crippen LogP contribution < -0.4 is 14.8 Å². The largest absolute Gasteiger partial charge is 0.493 e. The molecule has 0 spiro atoms. The van der Waals surface area contributed by atoms with E-state index in [1.54, 1.807) is 37.1 Å². The number of thioether (sulfide) groups is 1. The molecule has 1 aliphatic heterocycles. The SMILES string of the molecule is CCCCOc1ccc(C(=O)NC2=NCCS2)cc1OC. The van der Waals surface area contributed by atoms with E-state index < -0.39 is 0 Å². The van der Waals surface area contributed by atoms with Crippen LogP contribution in [-0.2, 0) is 0 Å². The molecule has 1 N–H and O–H groups in total. The molecule has 0 saturated heterocycles. The van der Waals surface area contributed by atoms with E-state index in [0.717, 1.165) is 25.1 Å². The number of amidine groups is 1. The highest BCUT2D eigenvalue weighted by Crippen LogP contribution is 2.28. The summed E-state index contributed by atoms with van der Waals surface area (Å²) in [5, 5.41) is 3.48. The van der Waals surface area contributed by atoms with Crippen LogP contribution in [0.5, 0.6) is 11.5 Å². The molecule has 21 heavy (non-hydrogen) atoms. The second-order valence-corrected chi connectivity index (χ2v) is 5.64. The molecule has 1 aliphatic rings. The number of aliphatic imine (C=N–C) groups is 1. The topological polar surface area (TPSA) is 59.9 Å². The molecule has 0 bridgehead atoms. The molecule has 0 radical (unpaired) electrons. The molecule has 2 rings (SSSR count). The van der Waals surface area contributed by atoms with Crippen molar-refractivity contribution in [2.75, 3.05) is 26.0 Å². The maximum atomic E-state index is 12.1. The number of carbonyl (C=O) groups excluding carboxylic acids is 1. The number of nitrogens with zero attached hydrogens (tertiary/aromatic N) is 1. The predicted molar refractivity (Wildman–Crippen MR) is 85.6 cm³/mol. The lowest BCUT2D eigenvalue weighted by Crippen LogP contribution is -2.27. The van der Waals surface area contributed by atoms with E-state index in [1.807, 2.05) is 0 Å². The fourth-order valence-corrected chi connectivity index (χ4v) is 2.56. The van der Waals surface area contributed by atoms with Gasteiger partial charge in [-0.05, 0) is 24.6 Å². The molecule has 0 unspecified atom stereocenters. The molecule has 1 amide bonds. The number of methoxy groups -OCH3 is 1. The van der Waals surface area contributed by atoms with Crippen LogP contribution in [0.4, 0.5) is 0 Å². The van der Waals surface area contributed by atoms with Crippen molar-refractivity contribution in [3.63, 3.8) is 0 Å². The van der Waals surface area contributed by atoms with Gasteiger partial charge < -0.3 is 14.8 Å². The zero-order chi connectivity index (χ0) is 15.1. The summed E-state index contributed by atoms with van der Waals surface area (Å²) in [6.45, 7) is 3.51. The van der Waals surface area contributed by atoms with Gasteiger partial charge in [0.05, 0.1) is 20.3 Å². The van der Waals surface area contributed by atoms with Gasteiger partial charge in [0, 0.05) is 11.3 Å². The van der Waals surface area contributed by atoms with Gasteiger partial charge in [-0.2, -0.15) is 0 Å². The van der Waals surface area contributed by atoms with Crippen LogP contribution in [0.2, 0.25) is 0 Å². The van der Waals surface area contributed by atoms with Gasteiger partial charge in [-0.25, -0.2) is 0 Å². The van der Waals surface area contributed by atoms with Crippen LogP contribution in [0.3, 0.4) is 0 Å². The summed E-state index contributed by atoms with van der Waals surface area (Å²) in [5.41, 5.74) is 0.532. The molecular weight excluding hydrogens is 288 g/mol. The van der Waals surface area contributed by atoms with Crippen molar-refractivity contribution in [1.82, 2.24) is 5.32 Å². The van der Waals surface area contributed by atoms with E-state index in [9.17, 15) is 4.79 Å². The zero-order valence-electron chi connectivity index (χ0n) is 12.3. The van der Waals surface area contributed by atoms with Gasteiger partial charge in [0.1, 0.15) is 0 Å². The normalized spacial score (nSPS) is 13.7. The Morgan fingerprint density at radius 3 is 2.95 bits per heavy atom. The van der Waals surface area contributed by atoms with Gasteiger partial charge in [0.25, 0.3) is 5.91 Å². The smallest absolute Gasteiger partial charge is 0.257 e. The molecule has 0 aromatic heterocycles. The van der Waals surface area contributed by atoms with Gasteiger partial charge in [-0.3, -0.25) is 9.79 Å². The molecule has 0 fully saturated rings. The van der Waals surface area contributed by atoms with Crippen LogP contribution in [0.15, 0.2) is 23.2 Å². The van der Waals surface area contributed by atoms with E-state index >= 15 is 0 Å². The van der Waals surface area contributed by atoms with Crippen molar-refractivity contribution < 1.29 is 14.3 Å². The number of rotatable bonds is 6. The Morgan fingerprint density at radius 2 is 2.29 bits per heavy atom. The second-order valence-electron chi connectivity index (χ2n) is 4.56. The molecule has 0 aliphatic carbocycles. The Morgan fingerprint density at radius 1 is 1.43 bits per heavy atom. The summed E-state index contributed by atoms with van der Waals surface area (Å²) in [6.07, 6.45) is 2.06. The summed E-state index contributed by atoms with van der Waals surface area (Å²) >= 11 is 1.55. The minimum Gasteiger partial charge on any atom is -0.493 e. The van der Waals surface area contributed by atoms with Gasteiger partial charge >= 0.3 is 0 Å². The van der Waals surface area contributed by atoms with Gasteiger partial charge in [0.2, 0.25) is 0 Å². The molecule has 1 heterocycles. The third kappa shape index (κ3) is 4.39. The van der Waals surface area contributed by atoms with Crippen molar-refractivity contribution in [2.24, 2.45) is 4.99 Å². The number of amides is 1. The maximum absolute atomic E-state index is 12.1. The van der Waals surface area contributed by atoms with Crippen LogP contribution >= 0.6 is 11.8 Å². The van der Waals surface area contributed by atoms with E-state index in [0.29, 0.717) is 28.8 Å². The first kappa shape index (κ1) is 15.7. The monoisotopic (exact) mass is 308 g/mol. The number of nitrogens with one attached hydrogen (secondary N) is 1. The Labute approximate surface area is 129 Å². The molecule has 1 aromatic rings. The molecule has 5 nitrogen and oxygen atoms in total. The number of hydrogen-bond acceptors (Lipinski definition) is 5. The number of benzene rings is 1. The van der Waals surface area contributed by atoms with Gasteiger partial charge in [-0.15, -0.1) is 0 Å². The molecular formula is C15H20N2O3S. The Kier molecular flexibility index (Phi) is 5.92. The summed E-state index contributed by atoms with van der Waals surface area (Å²) in [6, 6.07) is 5.20. The van der Waals surface area contributed by atoms with E-state index in [4.69, 9.17) is 9.47 Å². The summed E-state index contributed by atoms with van der Waals surface area (Å²) in [4.78, 5) is 16.3. The first-order valence-electron chi connectivity index (χ1n) is 7.04. The average Bonchev–Trinajstić information content (AvgIpc) is 3.00. The first-order chi connectivity index (χ1) is 10.2. The van der Waals surface area contributed by atoms with Crippen LogP contribution in [0.1, 0.15) is 30.1 Å². The lowest BCUT2D eigenvalue weighted by molar-refractivity contribution is 0.0977. The molecule has 0 saturated carbocycles. The van der Waals surface area contributed by atoms with E-state index in [2.05, 4.69) is 17.2 Å². The van der Waals surface area contributed by atoms with Crippen LogP contribution in [0, 0.1) is 0 Å². The molecule has 114 valence electrons. The van der Waals surface area contributed by atoms with Crippen molar-refractivity contribution in [3.05, 3.63) is 23.8 Å². The van der Waals surface area contributed by atoms with Crippen LogP contribution in [-0.4, -0.2) is 37.1 Å². The highest BCUT2D eigenvalue weighted by molar-refractivity contribution is 8.14.